The maximum Gasteiger partial charge on any atom is 0.240 e. The maximum atomic E-state index is 12.7. The summed E-state index contributed by atoms with van der Waals surface area (Å²) in [6.07, 6.45) is 1.51. The molecule has 4 rings (SSSR count). The zero-order valence-corrected chi connectivity index (χ0v) is 20.2. The van der Waals surface area contributed by atoms with Crippen LogP contribution in [-0.4, -0.2) is 45.1 Å². The molecule has 0 bridgehead atoms. The summed E-state index contributed by atoms with van der Waals surface area (Å²) in [7, 11) is -3.58. The van der Waals surface area contributed by atoms with Crippen LogP contribution in [-0.2, 0) is 10.0 Å². The highest BCUT2D eigenvalue weighted by Crippen LogP contribution is 2.30. The first-order valence-electron chi connectivity index (χ1n) is 11.2. The Morgan fingerprint density at radius 1 is 1.00 bits per heavy atom. The quantitative estimate of drug-likeness (QED) is 0.476. The van der Waals surface area contributed by atoms with Crippen LogP contribution in [0.2, 0.25) is 5.02 Å². The molecule has 0 amide bonds. The third kappa shape index (κ3) is 6.15. The Kier molecular flexibility index (Phi) is 7.71. The molecular formula is C26H29ClN2O3S. The molecule has 3 aromatic carbocycles. The fourth-order valence-electron chi connectivity index (χ4n) is 4.14. The van der Waals surface area contributed by atoms with Crippen LogP contribution in [0.4, 0.5) is 0 Å². The highest BCUT2D eigenvalue weighted by Gasteiger charge is 2.27. The fraction of sp³-hybridized carbons (Fsp3) is 0.308. The molecule has 3 aromatic rings. The van der Waals surface area contributed by atoms with Gasteiger partial charge in [0.15, 0.2) is 0 Å². The molecule has 1 aliphatic heterocycles. The number of sulfonamides is 1. The van der Waals surface area contributed by atoms with Crippen molar-refractivity contribution in [3.05, 3.63) is 83.9 Å². The molecule has 1 saturated heterocycles. The molecule has 174 valence electrons. The van der Waals surface area contributed by atoms with Crippen LogP contribution >= 0.6 is 11.6 Å². The van der Waals surface area contributed by atoms with Gasteiger partial charge < -0.3 is 4.74 Å². The highest BCUT2D eigenvalue weighted by molar-refractivity contribution is 7.89. The van der Waals surface area contributed by atoms with Gasteiger partial charge >= 0.3 is 0 Å². The highest BCUT2D eigenvalue weighted by atomic mass is 35.5. The molecule has 0 spiro atoms. The molecule has 33 heavy (non-hydrogen) atoms. The summed E-state index contributed by atoms with van der Waals surface area (Å²) in [6.45, 7) is 4.35. The number of likely N-dealkylation sites (tertiary alicyclic amines) is 1. The second kappa shape index (κ2) is 10.7. The summed E-state index contributed by atoms with van der Waals surface area (Å²) in [6, 6.07) is 24.8. The predicted molar refractivity (Wildman–Crippen MR) is 133 cm³/mol. The third-order valence-electron chi connectivity index (χ3n) is 6.03. The van der Waals surface area contributed by atoms with Gasteiger partial charge in [0.1, 0.15) is 12.4 Å². The lowest BCUT2D eigenvalue weighted by Crippen LogP contribution is -2.48. The molecular weight excluding hydrogens is 456 g/mol. The van der Waals surface area contributed by atoms with E-state index in [-0.39, 0.29) is 17.0 Å². The average Bonchev–Trinajstić information content (AvgIpc) is 2.83. The Bertz CT molecular complexity index is 1160. The van der Waals surface area contributed by atoms with Gasteiger partial charge in [-0.15, -0.1) is 0 Å². The summed E-state index contributed by atoms with van der Waals surface area (Å²) >= 11 is 5.96. The molecule has 1 fully saturated rings. The number of ether oxygens (including phenoxy) is 1. The van der Waals surface area contributed by atoms with Crippen molar-refractivity contribution in [2.24, 2.45) is 0 Å². The van der Waals surface area contributed by atoms with Gasteiger partial charge in [-0.05, 0) is 49.6 Å². The van der Waals surface area contributed by atoms with Crippen molar-refractivity contribution in [1.29, 1.82) is 0 Å². The number of nitrogens with zero attached hydrogens (tertiary/aromatic N) is 1. The molecule has 5 nitrogen and oxygen atoms in total. The predicted octanol–water partition coefficient (Wildman–Crippen LogP) is 5.22. The van der Waals surface area contributed by atoms with E-state index in [1.54, 1.807) is 18.2 Å². The standard InChI is InChI=1S/C26H29ClN2O3S/c1-20(19-32-26-13-6-5-12-25(26)21-8-3-2-4-9-21)29-16-14-23(15-17-29)28-33(30,31)24-11-7-10-22(27)18-24/h2-13,18,20,23,28H,14-17,19H2,1H3. The van der Waals surface area contributed by atoms with Crippen molar-refractivity contribution in [3.8, 4) is 16.9 Å². The van der Waals surface area contributed by atoms with Gasteiger partial charge in [0, 0.05) is 35.8 Å². The lowest BCUT2D eigenvalue weighted by atomic mass is 10.0. The van der Waals surface area contributed by atoms with E-state index < -0.39 is 10.0 Å². The number of hydrogen-bond acceptors (Lipinski definition) is 4. The summed E-state index contributed by atoms with van der Waals surface area (Å²) < 4.78 is 34.4. The molecule has 0 aromatic heterocycles. The van der Waals surface area contributed by atoms with Crippen molar-refractivity contribution in [2.75, 3.05) is 19.7 Å². The Labute approximate surface area is 201 Å². The molecule has 1 aliphatic rings. The number of para-hydroxylation sites is 1. The first kappa shape index (κ1) is 23.8. The second-order valence-electron chi connectivity index (χ2n) is 8.41. The smallest absolute Gasteiger partial charge is 0.240 e. The number of halogens is 1. The SMILES string of the molecule is CC(COc1ccccc1-c1ccccc1)N1CCC(NS(=O)(=O)c2cccc(Cl)c2)CC1. The van der Waals surface area contributed by atoms with Crippen molar-refractivity contribution in [1.82, 2.24) is 9.62 Å². The van der Waals surface area contributed by atoms with Gasteiger partial charge in [-0.1, -0.05) is 66.2 Å². The summed E-state index contributed by atoms with van der Waals surface area (Å²) in [4.78, 5) is 2.56. The van der Waals surface area contributed by atoms with E-state index >= 15 is 0 Å². The van der Waals surface area contributed by atoms with Crippen molar-refractivity contribution in [2.45, 2.75) is 36.7 Å². The van der Waals surface area contributed by atoms with Crippen molar-refractivity contribution in [3.63, 3.8) is 0 Å². The summed E-state index contributed by atoms with van der Waals surface area (Å²) in [5, 5.41) is 0.412. The van der Waals surface area contributed by atoms with Crippen LogP contribution in [0, 0.1) is 0 Å². The Hall–Kier alpha value is -2.38. The van der Waals surface area contributed by atoms with Crippen LogP contribution < -0.4 is 9.46 Å². The number of rotatable bonds is 8. The van der Waals surface area contributed by atoms with E-state index in [2.05, 4.69) is 34.7 Å². The Balaban J connectivity index is 1.30. The van der Waals surface area contributed by atoms with Crippen LogP contribution in [0.1, 0.15) is 19.8 Å². The first-order chi connectivity index (χ1) is 15.9. The summed E-state index contributed by atoms with van der Waals surface area (Å²) in [5.41, 5.74) is 2.22. The van der Waals surface area contributed by atoms with E-state index in [9.17, 15) is 8.42 Å². The van der Waals surface area contributed by atoms with Gasteiger partial charge in [-0.25, -0.2) is 13.1 Å². The van der Waals surface area contributed by atoms with Gasteiger partial charge in [0.2, 0.25) is 10.0 Å². The summed E-state index contributed by atoms with van der Waals surface area (Å²) in [5.74, 6) is 0.875. The first-order valence-corrected chi connectivity index (χ1v) is 13.1. The fourth-order valence-corrected chi connectivity index (χ4v) is 5.75. The largest absolute Gasteiger partial charge is 0.491 e. The Morgan fingerprint density at radius 3 is 2.42 bits per heavy atom. The van der Waals surface area contributed by atoms with Gasteiger partial charge in [0.25, 0.3) is 0 Å². The number of nitrogens with one attached hydrogen (secondary N) is 1. The lowest BCUT2D eigenvalue weighted by Gasteiger charge is -2.36. The molecule has 0 radical (unpaired) electrons. The molecule has 1 heterocycles. The lowest BCUT2D eigenvalue weighted by molar-refractivity contribution is 0.116. The minimum Gasteiger partial charge on any atom is -0.491 e. The van der Waals surface area contributed by atoms with Gasteiger partial charge in [-0.3, -0.25) is 4.90 Å². The zero-order valence-electron chi connectivity index (χ0n) is 18.7. The Morgan fingerprint density at radius 2 is 1.70 bits per heavy atom. The minimum atomic E-state index is -3.58. The van der Waals surface area contributed by atoms with Crippen LogP contribution in [0.3, 0.4) is 0 Å². The van der Waals surface area contributed by atoms with Crippen LogP contribution in [0.15, 0.2) is 83.8 Å². The monoisotopic (exact) mass is 484 g/mol. The third-order valence-corrected chi connectivity index (χ3v) is 7.79. The maximum absolute atomic E-state index is 12.7. The van der Waals surface area contributed by atoms with E-state index in [1.165, 1.54) is 6.07 Å². The zero-order chi connectivity index (χ0) is 23.3. The molecule has 0 saturated carbocycles. The van der Waals surface area contributed by atoms with Crippen LogP contribution in [0.25, 0.3) is 11.1 Å². The van der Waals surface area contributed by atoms with Gasteiger partial charge in [0.05, 0.1) is 4.90 Å². The molecule has 1 N–H and O–H groups in total. The average molecular weight is 485 g/mol. The van der Waals surface area contributed by atoms with Crippen molar-refractivity contribution < 1.29 is 13.2 Å². The molecule has 0 aliphatic carbocycles. The number of piperidine rings is 1. The van der Waals surface area contributed by atoms with E-state index in [1.807, 2.05) is 36.4 Å². The number of hydrogen-bond donors (Lipinski definition) is 1. The molecule has 7 heteroatoms. The molecule has 1 atom stereocenters. The van der Waals surface area contributed by atoms with E-state index in [0.717, 1.165) is 42.8 Å². The van der Waals surface area contributed by atoms with E-state index in [0.29, 0.717) is 11.6 Å². The minimum absolute atomic E-state index is 0.0860. The van der Waals surface area contributed by atoms with Gasteiger partial charge in [-0.2, -0.15) is 0 Å². The van der Waals surface area contributed by atoms with E-state index in [4.69, 9.17) is 16.3 Å². The topological polar surface area (TPSA) is 58.6 Å². The second-order valence-corrected chi connectivity index (χ2v) is 10.6. The molecule has 1 unspecified atom stereocenters. The number of benzene rings is 3. The van der Waals surface area contributed by atoms with Crippen molar-refractivity contribution >= 4 is 21.6 Å². The normalized spacial score (nSPS) is 16.4. The van der Waals surface area contributed by atoms with Crippen LogP contribution in [0.5, 0.6) is 5.75 Å².